The number of aromatic nitrogens is 3. The Labute approximate surface area is 118 Å². The lowest BCUT2D eigenvalue weighted by molar-refractivity contribution is 0.911. The number of nitrogens with one attached hydrogen (secondary N) is 1. The van der Waals surface area contributed by atoms with E-state index in [-0.39, 0.29) is 0 Å². The van der Waals surface area contributed by atoms with E-state index in [1.165, 1.54) is 5.56 Å². The van der Waals surface area contributed by atoms with E-state index in [2.05, 4.69) is 34.1 Å². The first-order valence-corrected chi connectivity index (χ1v) is 7.32. The van der Waals surface area contributed by atoms with Crippen LogP contribution in [0.3, 0.4) is 0 Å². The predicted molar refractivity (Wildman–Crippen MR) is 78.6 cm³/mol. The van der Waals surface area contributed by atoms with Gasteiger partial charge in [-0.3, -0.25) is 4.98 Å². The van der Waals surface area contributed by atoms with Crippen LogP contribution >= 0.6 is 11.8 Å². The van der Waals surface area contributed by atoms with Crippen LogP contribution in [-0.4, -0.2) is 21.5 Å². The van der Waals surface area contributed by atoms with Crippen molar-refractivity contribution in [3.05, 3.63) is 36.4 Å². The third-order valence-electron chi connectivity index (χ3n) is 2.67. The van der Waals surface area contributed by atoms with Crippen molar-refractivity contribution in [1.29, 1.82) is 0 Å². The predicted octanol–water partition coefficient (Wildman–Crippen LogP) is 3.41. The zero-order valence-electron chi connectivity index (χ0n) is 11.3. The summed E-state index contributed by atoms with van der Waals surface area (Å²) in [4.78, 5) is 13.9. The molecular formula is C14H18N4S. The van der Waals surface area contributed by atoms with E-state index in [1.54, 1.807) is 30.5 Å². The first-order valence-electron chi connectivity index (χ1n) is 6.50. The van der Waals surface area contributed by atoms with Gasteiger partial charge in [-0.25, -0.2) is 9.97 Å². The summed E-state index contributed by atoms with van der Waals surface area (Å²) in [5.74, 6) is 0.955. The Hall–Kier alpha value is -1.62. The first kappa shape index (κ1) is 13.8. The smallest absolute Gasteiger partial charge is 0.133 e. The average molecular weight is 274 g/mol. The quantitative estimate of drug-likeness (QED) is 0.818. The van der Waals surface area contributed by atoms with Gasteiger partial charge in [0.05, 0.1) is 0 Å². The molecule has 0 radical (unpaired) electrons. The fourth-order valence-electron chi connectivity index (χ4n) is 1.72. The molecule has 2 aromatic heterocycles. The minimum atomic E-state index is 0.917. The molecular weight excluding hydrogens is 256 g/mol. The van der Waals surface area contributed by atoms with Crippen molar-refractivity contribution in [3.63, 3.8) is 0 Å². The Morgan fingerprint density at radius 3 is 2.63 bits per heavy atom. The normalized spacial score (nSPS) is 10.4. The molecule has 0 saturated carbocycles. The lowest BCUT2D eigenvalue weighted by Crippen LogP contribution is -2.06. The molecule has 0 bridgehead atoms. The van der Waals surface area contributed by atoms with Crippen LogP contribution in [0.15, 0.2) is 40.8 Å². The standard InChI is InChI=1S/C14H18N4S/c1-3-7-16-13-12(4-2)14(18-10-17-13)19-11-5-8-15-9-6-11/h5-6,8-10H,3-4,7H2,1-2H3,(H,16,17,18). The summed E-state index contributed by atoms with van der Waals surface area (Å²) in [5, 5.41) is 4.38. The summed E-state index contributed by atoms with van der Waals surface area (Å²) >= 11 is 1.66. The summed E-state index contributed by atoms with van der Waals surface area (Å²) in [6.45, 7) is 5.21. The molecule has 4 nitrogen and oxygen atoms in total. The van der Waals surface area contributed by atoms with Gasteiger partial charge in [-0.1, -0.05) is 25.6 Å². The van der Waals surface area contributed by atoms with Gasteiger partial charge in [0, 0.05) is 29.4 Å². The number of nitrogens with zero attached hydrogens (tertiary/aromatic N) is 3. The van der Waals surface area contributed by atoms with E-state index in [1.807, 2.05) is 12.1 Å². The second-order valence-corrected chi connectivity index (χ2v) is 5.13. The van der Waals surface area contributed by atoms with Crippen molar-refractivity contribution in [2.45, 2.75) is 36.6 Å². The molecule has 100 valence electrons. The van der Waals surface area contributed by atoms with Crippen LogP contribution in [0.25, 0.3) is 0 Å². The lowest BCUT2D eigenvalue weighted by Gasteiger charge is -2.12. The van der Waals surface area contributed by atoms with Gasteiger partial charge in [0.25, 0.3) is 0 Å². The van der Waals surface area contributed by atoms with E-state index in [0.29, 0.717) is 0 Å². The van der Waals surface area contributed by atoms with E-state index in [4.69, 9.17) is 0 Å². The zero-order valence-corrected chi connectivity index (χ0v) is 12.1. The Morgan fingerprint density at radius 1 is 1.16 bits per heavy atom. The summed E-state index contributed by atoms with van der Waals surface area (Å²) in [7, 11) is 0. The van der Waals surface area contributed by atoms with Crippen LogP contribution < -0.4 is 5.32 Å². The number of anilines is 1. The topological polar surface area (TPSA) is 50.7 Å². The van der Waals surface area contributed by atoms with Gasteiger partial charge in [0.1, 0.15) is 17.2 Å². The molecule has 2 aromatic rings. The van der Waals surface area contributed by atoms with Gasteiger partial charge in [0.15, 0.2) is 0 Å². The lowest BCUT2D eigenvalue weighted by atomic mass is 10.2. The molecule has 0 aliphatic carbocycles. The van der Waals surface area contributed by atoms with Gasteiger partial charge in [-0.2, -0.15) is 0 Å². The van der Waals surface area contributed by atoms with Gasteiger partial charge in [-0.05, 0) is 25.0 Å². The molecule has 0 atom stereocenters. The summed E-state index contributed by atoms with van der Waals surface area (Å²) in [6, 6.07) is 3.98. The maximum atomic E-state index is 4.40. The monoisotopic (exact) mass is 274 g/mol. The highest BCUT2D eigenvalue weighted by molar-refractivity contribution is 7.99. The second kappa shape index (κ2) is 7.09. The van der Waals surface area contributed by atoms with Crippen LogP contribution in [0.4, 0.5) is 5.82 Å². The van der Waals surface area contributed by atoms with Crippen molar-refractivity contribution < 1.29 is 0 Å². The second-order valence-electron chi connectivity index (χ2n) is 4.07. The first-order chi connectivity index (χ1) is 9.35. The number of hydrogen-bond donors (Lipinski definition) is 1. The Morgan fingerprint density at radius 2 is 1.95 bits per heavy atom. The molecule has 5 heteroatoms. The molecule has 19 heavy (non-hydrogen) atoms. The third kappa shape index (κ3) is 3.67. The molecule has 0 aliphatic heterocycles. The molecule has 0 saturated heterocycles. The molecule has 2 rings (SSSR count). The molecule has 2 heterocycles. The minimum Gasteiger partial charge on any atom is -0.370 e. The Bertz CT molecular complexity index is 516. The van der Waals surface area contributed by atoms with Gasteiger partial charge < -0.3 is 5.32 Å². The molecule has 0 spiro atoms. The summed E-state index contributed by atoms with van der Waals surface area (Å²) in [6.07, 6.45) is 7.22. The van der Waals surface area contributed by atoms with Crippen molar-refractivity contribution in [1.82, 2.24) is 15.0 Å². The van der Waals surface area contributed by atoms with E-state index in [0.717, 1.165) is 35.1 Å². The number of pyridine rings is 1. The average Bonchev–Trinajstić information content (AvgIpc) is 2.46. The highest BCUT2D eigenvalue weighted by Crippen LogP contribution is 2.30. The van der Waals surface area contributed by atoms with E-state index >= 15 is 0 Å². The maximum absolute atomic E-state index is 4.40. The molecule has 0 aliphatic rings. The van der Waals surface area contributed by atoms with Crippen molar-refractivity contribution in [2.75, 3.05) is 11.9 Å². The fraction of sp³-hybridized carbons (Fsp3) is 0.357. The SMILES string of the molecule is CCCNc1ncnc(Sc2ccncc2)c1CC. The van der Waals surface area contributed by atoms with Crippen LogP contribution in [0.2, 0.25) is 0 Å². The summed E-state index contributed by atoms with van der Waals surface area (Å²) in [5.41, 5.74) is 1.18. The van der Waals surface area contributed by atoms with Crippen molar-refractivity contribution in [3.8, 4) is 0 Å². The van der Waals surface area contributed by atoms with Crippen molar-refractivity contribution in [2.24, 2.45) is 0 Å². The molecule has 0 aromatic carbocycles. The van der Waals surface area contributed by atoms with Crippen molar-refractivity contribution >= 4 is 17.6 Å². The minimum absolute atomic E-state index is 0.917. The number of hydrogen-bond acceptors (Lipinski definition) is 5. The largest absolute Gasteiger partial charge is 0.370 e. The van der Waals surface area contributed by atoms with E-state index < -0.39 is 0 Å². The Balaban J connectivity index is 2.24. The highest BCUT2D eigenvalue weighted by Gasteiger charge is 2.10. The molecule has 0 amide bonds. The van der Waals surface area contributed by atoms with Gasteiger partial charge in [-0.15, -0.1) is 0 Å². The maximum Gasteiger partial charge on any atom is 0.133 e. The Kier molecular flexibility index (Phi) is 5.15. The number of rotatable bonds is 6. The van der Waals surface area contributed by atoms with Gasteiger partial charge >= 0.3 is 0 Å². The highest BCUT2D eigenvalue weighted by atomic mass is 32.2. The van der Waals surface area contributed by atoms with Crippen LogP contribution in [0, 0.1) is 0 Å². The molecule has 1 N–H and O–H groups in total. The molecule has 0 fully saturated rings. The third-order valence-corrected chi connectivity index (χ3v) is 3.72. The zero-order chi connectivity index (χ0) is 13.5. The molecule has 0 unspecified atom stereocenters. The van der Waals surface area contributed by atoms with Crippen LogP contribution in [-0.2, 0) is 6.42 Å². The van der Waals surface area contributed by atoms with E-state index in [9.17, 15) is 0 Å². The van der Waals surface area contributed by atoms with Crippen LogP contribution in [0.5, 0.6) is 0 Å². The van der Waals surface area contributed by atoms with Gasteiger partial charge in [0.2, 0.25) is 0 Å². The summed E-state index contributed by atoms with van der Waals surface area (Å²) < 4.78 is 0. The fourth-order valence-corrected chi connectivity index (χ4v) is 2.66. The van der Waals surface area contributed by atoms with Crippen LogP contribution in [0.1, 0.15) is 25.8 Å².